The van der Waals surface area contributed by atoms with Crippen LogP contribution in [0.15, 0.2) is 41.0 Å². The maximum absolute atomic E-state index is 12.1. The number of nitrogens with two attached hydrogens (primary N) is 1. The molecule has 0 aliphatic carbocycles. The lowest BCUT2D eigenvalue weighted by Gasteiger charge is -2.07. The van der Waals surface area contributed by atoms with E-state index in [4.69, 9.17) is 5.73 Å². The van der Waals surface area contributed by atoms with Crippen molar-refractivity contribution < 1.29 is 4.79 Å². The minimum Gasteiger partial charge on any atom is -0.384 e. The van der Waals surface area contributed by atoms with E-state index >= 15 is 0 Å². The molecule has 0 unspecified atom stereocenters. The first-order valence-corrected chi connectivity index (χ1v) is 6.14. The van der Waals surface area contributed by atoms with Gasteiger partial charge in [-0.05, 0) is 47.1 Å². The second-order valence-corrected chi connectivity index (χ2v) is 4.76. The molecule has 2 aromatic rings. The highest BCUT2D eigenvalue weighted by atomic mass is 79.9. The number of hydrogen-bond acceptors (Lipinski definition) is 3. The molecular weight excluding hydrogens is 294 g/mol. The summed E-state index contributed by atoms with van der Waals surface area (Å²) in [6.07, 6.45) is 1.52. The van der Waals surface area contributed by atoms with E-state index < -0.39 is 0 Å². The number of rotatable bonds is 2. The van der Waals surface area contributed by atoms with Crippen LogP contribution < -0.4 is 11.1 Å². The molecule has 0 saturated carbocycles. The van der Waals surface area contributed by atoms with Gasteiger partial charge in [0.1, 0.15) is 5.82 Å². The Morgan fingerprint density at radius 2 is 2.11 bits per heavy atom. The van der Waals surface area contributed by atoms with Gasteiger partial charge in [-0.2, -0.15) is 0 Å². The number of nitrogens with zero attached hydrogens (tertiary/aromatic N) is 1. The van der Waals surface area contributed by atoms with Crippen LogP contribution in [0.5, 0.6) is 0 Å². The van der Waals surface area contributed by atoms with Crippen LogP contribution in [0.25, 0.3) is 0 Å². The lowest BCUT2D eigenvalue weighted by molar-refractivity contribution is 0.102. The highest BCUT2D eigenvalue weighted by molar-refractivity contribution is 9.10. The average Bonchev–Trinajstić information content (AvgIpc) is 2.35. The Morgan fingerprint density at radius 1 is 1.33 bits per heavy atom. The number of aromatic nitrogens is 1. The normalized spacial score (nSPS) is 10.1. The predicted octanol–water partition coefficient (Wildman–Crippen LogP) is 2.99. The SMILES string of the molecule is Cc1ccc(Br)c(C(=O)Nc2ccc(N)nc2)c1. The second-order valence-electron chi connectivity index (χ2n) is 3.91. The number of anilines is 2. The molecule has 1 heterocycles. The van der Waals surface area contributed by atoms with Crippen molar-refractivity contribution in [1.82, 2.24) is 4.98 Å². The van der Waals surface area contributed by atoms with Crippen LogP contribution >= 0.6 is 15.9 Å². The topological polar surface area (TPSA) is 68.0 Å². The summed E-state index contributed by atoms with van der Waals surface area (Å²) in [5.74, 6) is 0.238. The summed E-state index contributed by atoms with van der Waals surface area (Å²) in [6.45, 7) is 1.94. The van der Waals surface area contributed by atoms with Crippen LogP contribution in [-0.4, -0.2) is 10.9 Å². The zero-order chi connectivity index (χ0) is 13.1. The summed E-state index contributed by atoms with van der Waals surface area (Å²) in [5, 5.41) is 2.77. The summed E-state index contributed by atoms with van der Waals surface area (Å²) in [5.41, 5.74) is 7.71. The monoisotopic (exact) mass is 305 g/mol. The number of nitrogen functional groups attached to an aromatic ring is 1. The Kier molecular flexibility index (Phi) is 3.62. The van der Waals surface area contributed by atoms with Crippen LogP contribution in [0.1, 0.15) is 15.9 Å². The Morgan fingerprint density at radius 3 is 2.78 bits per heavy atom. The molecule has 0 aliphatic rings. The molecule has 0 saturated heterocycles. The fraction of sp³-hybridized carbons (Fsp3) is 0.0769. The van der Waals surface area contributed by atoms with Crippen LogP contribution in [0.4, 0.5) is 11.5 Å². The molecule has 0 atom stereocenters. The fourth-order valence-electron chi connectivity index (χ4n) is 1.49. The number of aryl methyl sites for hydroxylation is 1. The van der Waals surface area contributed by atoms with Crippen molar-refractivity contribution >= 4 is 33.3 Å². The molecule has 92 valence electrons. The number of hydrogen-bond donors (Lipinski definition) is 2. The van der Waals surface area contributed by atoms with Gasteiger partial charge >= 0.3 is 0 Å². The summed E-state index contributed by atoms with van der Waals surface area (Å²) in [4.78, 5) is 16.0. The van der Waals surface area contributed by atoms with Crippen molar-refractivity contribution in [3.05, 3.63) is 52.1 Å². The third kappa shape index (κ3) is 2.87. The molecule has 1 aromatic carbocycles. The van der Waals surface area contributed by atoms with Crippen molar-refractivity contribution in [2.45, 2.75) is 6.92 Å². The van der Waals surface area contributed by atoms with E-state index in [1.165, 1.54) is 6.20 Å². The van der Waals surface area contributed by atoms with Crippen LogP contribution in [-0.2, 0) is 0 Å². The Bertz CT molecular complexity index is 581. The Balaban J connectivity index is 2.21. The van der Waals surface area contributed by atoms with E-state index in [-0.39, 0.29) is 5.91 Å². The fourth-order valence-corrected chi connectivity index (χ4v) is 1.92. The first kappa shape index (κ1) is 12.6. The zero-order valence-electron chi connectivity index (χ0n) is 9.77. The first-order valence-electron chi connectivity index (χ1n) is 5.35. The van der Waals surface area contributed by atoms with Crippen molar-refractivity contribution in [3.63, 3.8) is 0 Å². The predicted molar refractivity (Wildman–Crippen MR) is 75.5 cm³/mol. The van der Waals surface area contributed by atoms with Crippen LogP contribution in [0, 0.1) is 6.92 Å². The number of carbonyl (C=O) groups is 1. The average molecular weight is 306 g/mol. The van der Waals surface area contributed by atoms with E-state index in [1.807, 2.05) is 25.1 Å². The smallest absolute Gasteiger partial charge is 0.256 e. The maximum atomic E-state index is 12.1. The van der Waals surface area contributed by atoms with Crippen LogP contribution in [0.3, 0.4) is 0 Å². The van der Waals surface area contributed by atoms with Crippen molar-refractivity contribution in [1.29, 1.82) is 0 Å². The molecule has 1 amide bonds. The second kappa shape index (κ2) is 5.18. The third-order valence-corrected chi connectivity index (χ3v) is 3.10. The standard InChI is InChI=1S/C13H12BrN3O/c1-8-2-4-11(14)10(6-8)13(18)17-9-3-5-12(15)16-7-9/h2-7H,1H3,(H2,15,16)(H,17,18). The van der Waals surface area contributed by atoms with Gasteiger partial charge in [-0.1, -0.05) is 11.6 Å². The van der Waals surface area contributed by atoms with Gasteiger partial charge in [0.2, 0.25) is 0 Å². The number of amides is 1. The van der Waals surface area contributed by atoms with Crippen LogP contribution in [0.2, 0.25) is 0 Å². The highest BCUT2D eigenvalue weighted by Gasteiger charge is 2.10. The molecule has 5 heteroatoms. The van der Waals surface area contributed by atoms with Crippen molar-refractivity contribution in [3.8, 4) is 0 Å². The van der Waals surface area contributed by atoms with Gasteiger partial charge in [0.25, 0.3) is 5.91 Å². The largest absolute Gasteiger partial charge is 0.384 e. The molecule has 1 aromatic heterocycles. The molecule has 18 heavy (non-hydrogen) atoms. The minimum absolute atomic E-state index is 0.183. The van der Waals surface area contributed by atoms with E-state index in [0.717, 1.165) is 10.0 Å². The summed E-state index contributed by atoms with van der Waals surface area (Å²) >= 11 is 3.36. The molecule has 0 bridgehead atoms. The van der Waals surface area contributed by atoms with Gasteiger partial charge in [-0.15, -0.1) is 0 Å². The quantitative estimate of drug-likeness (QED) is 0.896. The molecule has 3 N–H and O–H groups in total. The van der Waals surface area contributed by atoms with Gasteiger partial charge in [-0.25, -0.2) is 4.98 Å². The summed E-state index contributed by atoms with van der Waals surface area (Å²) in [7, 11) is 0. The van der Waals surface area contributed by atoms with Gasteiger partial charge in [0, 0.05) is 4.47 Å². The van der Waals surface area contributed by atoms with Gasteiger partial charge in [0.15, 0.2) is 0 Å². The van der Waals surface area contributed by atoms with Crippen molar-refractivity contribution in [2.24, 2.45) is 0 Å². The summed E-state index contributed by atoms with van der Waals surface area (Å²) < 4.78 is 0.758. The number of halogens is 1. The highest BCUT2D eigenvalue weighted by Crippen LogP contribution is 2.19. The zero-order valence-corrected chi connectivity index (χ0v) is 11.4. The molecule has 0 spiro atoms. The molecule has 0 fully saturated rings. The lowest BCUT2D eigenvalue weighted by Crippen LogP contribution is -2.13. The number of pyridine rings is 1. The molecule has 4 nitrogen and oxygen atoms in total. The van der Waals surface area contributed by atoms with E-state index in [0.29, 0.717) is 17.1 Å². The van der Waals surface area contributed by atoms with Gasteiger partial charge in [0.05, 0.1) is 17.4 Å². The molecule has 0 radical (unpaired) electrons. The van der Waals surface area contributed by atoms with E-state index in [1.54, 1.807) is 12.1 Å². The number of carbonyl (C=O) groups excluding carboxylic acids is 1. The van der Waals surface area contributed by atoms with Crippen molar-refractivity contribution in [2.75, 3.05) is 11.1 Å². The summed E-state index contributed by atoms with van der Waals surface area (Å²) in [6, 6.07) is 8.96. The maximum Gasteiger partial charge on any atom is 0.256 e. The minimum atomic E-state index is -0.183. The molecular formula is C13H12BrN3O. The van der Waals surface area contributed by atoms with Gasteiger partial charge in [-0.3, -0.25) is 4.79 Å². The molecule has 2 rings (SSSR count). The lowest BCUT2D eigenvalue weighted by atomic mass is 10.1. The molecule has 0 aliphatic heterocycles. The number of nitrogens with one attached hydrogen (secondary N) is 1. The Labute approximate surface area is 113 Å². The van der Waals surface area contributed by atoms with E-state index in [9.17, 15) is 4.79 Å². The van der Waals surface area contributed by atoms with Gasteiger partial charge < -0.3 is 11.1 Å². The first-order chi connectivity index (χ1) is 8.56. The van der Waals surface area contributed by atoms with E-state index in [2.05, 4.69) is 26.2 Å². The number of benzene rings is 1. The Hall–Kier alpha value is -1.88. The third-order valence-electron chi connectivity index (χ3n) is 2.41.